The predicted octanol–water partition coefficient (Wildman–Crippen LogP) is 4.18. The van der Waals surface area contributed by atoms with Gasteiger partial charge in [0.15, 0.2) is 0 Å². The van der Waals surface area contributed by atoms with E-state index in [9.17, 15) is 0 Å². The van der Waals surface area contributed by atoms with Crippen LogP contribution in [0.5, 0.6) is 0 Å². The number of thioether (sulfide) groups is 1. The quantitative estimate of drug-likeness (QED) is 0.855. The van der Waals surface area contributed by atoms with Crippen LogP contribution in [0.15, 0.2) is 24.3 Å². The van der Waals surface area contributed by atoms with Crippen LogP contribution in [0.3, 0.4) is 0 Å². The Balaban J connectivity index is 2.02. The standard InChI is InChI=1S/C16H25NS/c1-3-17-16(12-14-7-9-18-10-8-14)15-6-4-5-13(2)11-15/h4-6,11,14,16-17H,3,7-10,12H2,1-2H3. The van der Waals surface area contributed by atoms with Gasteiger partial charge in [-0.2, -0.15) is 11.8 Å². The van der Waals surface area contributed by atoms with Crippen molar-refractivity contribution < 1.29 is 0 Å². The lowest BCUT2D eigenvalue weighted by Gasteiger charge is -2.27. The second kappa shape index (κ2) is 7.20. The lowest BCUT2D eigenvalue weighted by atomic mass is 9.90. The minimum absolute atomic E-state index is 0.544. The van der Waals surface area contributed by atoms with Gasteiger partial charge in [0.2, 0.25) is 0 Å². The third-order valence-electron chi connectivity index (χ3n) is 3.80. The molecule has 1 heterocycles. The van der Waals surface area contributed by atoms with Crippen LogP contribution in [0.1, 0.15) is 43.4 Å². The number of rotatable bonds is 5. The van der Waals surface area contributed by atoms with Crippen LogP contribution >= 0.6 is 11.8 Å². The number of nitrogens with one attached hydrogen (secondary N) is 1. The summed E-state index contributed by atoms with van der Waals surface area (Å²) in [5, 5.41) is 3.67. The summed E-state index contributed by atoms with van der Waals surface area (Å²) in [7, 11) is 0. The summed E-state index contributed by atoms with van der Waals surface area (Å²) in [6, 6.07) is 9.53. The van der Waals surface area contributed by atoms with Crippen molar-refractivity contribution in [1.82, 2.24) is 5.32 Å². The average Bonchev–Trinajstić information content (AvgIpc) is 2.39. The average molecular weight is 263 g/mol. The summed E-state index contributed by atoms with van der Waals surface area (Å²) in [5.74, 6) is 3.63. The van der Waals surface area contributed by atoms with E-state index in [-0.39, 0.29) is 0 Å². The van der Waals surface area contributed by atoms with E-state index in [1.807, 2.05) is 0 Å². The molecule has 18 heavy (non-hydrogen) atoms. The first-order valence-electron chi connectivity index (χ1n) is 7.17. The van der Waals surface area contributed by atoms with Gasteiger partial charge in [-0.15, -0.1) is 0 Å². The van der Waals surface area contributed by atoms with Gasteiger partial charge in [0, 0.05) is 6.04 Å². The van der Waals surface area contributed by atoms with Crippen LogP contribution in [0.2, 0.25) is 0 Å². The Labute approximate surface area is 116 Å². The lowest BCUT2D eigenvalue weighted by molar-refractivity contribution is 0.374. The zero-order valence-electron chi connectivity index (χ0n) is 11.6. The highest BCUT2D eigenvalue weighted by Crippen LogP contribution is 2.31. The molecule has 1 aromatic carbocycles. The molecule has 2 rings (SSSR count). The third-order valence-corrected chi connectivity index (χ3v) is 4.85. The van der Waals surface area contributed by atoms with E-state index in [0.717, 1.165) is 12.5 Å². The van der Waals surface area contributed by atoms with Gasteiger partial charge in [-0.1, -0.05) is 36.8 Å². The summed E-state index contributed by atoms with van der Waals surface area (Å²) < 4.78 is 0. The predicted molar refractivity (Wildman–Crippen MR) is 82.3 cm³/mol. The first kappa shape index (κ1) is 14.0. The highest BCUT2D eigenvalue weighted by molar-refractivity contribution is 7.99. The zero-order chi connectivity index (χ0) is 12.8. The van der Waals surface area contributed by atoms with Crippen molar-refractivity contribution in [2.45, 2.75) is 39.2 Å². The van der Waals surface area contributed by atoms with Crippen molar-refractivity contribution in [2.24, 2.45) is 5.92 Å². The fourth-order valence-corrected chi connectivity index (χ4v) is 3.99. The van der Waals surface area contributed by atoms with Gasteiger partial charge >= 0.3 is 0 Å². The van der Waals surface area contributed by atoms with Crippen molar-refractivity contribution in [3.05, 3.63) is 35.4 Å². The maximum Gasteiger partial charge on any atom is 0.0322 e. The van der Waals surface area contributed by atoms with Crippen molar-refractivity contribution >= 4 is 11.8 Å². The molecular formula is C16H25NS. The SMILES string of the molecule is CCNC(CC1CCSCC1)c1cccc(C)c1. The molecule has 100 valence electrons. The molecule has 0 aliphatic carbocycles. The highest BCUT2D eigenvalue weighted by atomic mass is 32.2. The van der Waals surface area contributed by atoms with E-state index in [4.69, 9.17) is 0 Å². The zero-order valence-corrected chi connectivity index (χ0v) is 12.4. The Morgan fingerprint density at radius 1 is 1.33 bits per heavy atom. The molecule has 1 aliphatic heterocycles. The Bertz CT molecular complexity index is 358. The fourth-order valence-electron chi connectivity index (χ4n) is 2.79. The van der Waals surface area contributed by atoms with Gasteiger partial charge in [-0.25, -0.2) is 0 Å². The molecule has 1 saturated heterocycles. The molecule has 0 spiro atoms. The number of hydrogen-bond acceptors (Lipinski definition) is 2. The maximum absolute atomic E-state index is 3.67. The minimum Gasteiger partial charge on any atom is -0.310 e. The first-order chi connectivity index (χ1) is 8.79. The molecule has 1 aromatic rings. The highest BCUT2D eigenvalue weighted by Gasteiger charge is 2.19. The molecule has 0 saturated carbocycles. The molecule has 0 aromatic heterocycles. The van der Waals surface area contributed by atoms with E-state index in [1.165, 1.54) is 41.9 Å². The topological polar surface area (TPSA) is 12.0 Å². The molecular weight excluding hydrogens is 238 g/mol. The summed E-state index contributed by atoms with van der Waals surface area (Å²) in [5.41, 5.74) is 2.84. The molecule has 1 aliphatic rings. The molecule has 1 nitrogen and oxygen atoms in total. The number of hydrogen-bond donors (Lipinski definition) is 1. The van der Waals surface area contributed by atoms with Crippen LogP contribution in [0.4, 0.5) is 0 Å². The molecule has 1 N–H and O–H groups in total. The van der Waals surface area contributed by atoms with Crippen molar-refractivity contribution in [3.63, 3.8) is 0 Å². The summed E-state index contributed by atoms with van der Waals surface area (Å²) in [6.45, 7) is 5.45. The van der Waals surface area contributed by atoms with Gasteiger partial charge in [-0.3, -0.25) is 0 Å². The monoisotopic (exact) mass is 263 g/mol. The van der Waals surface area contributed by atoms with Crippen LogP contribution in [0, 0.1) is 12.8 Å². The maximum atomic E-state index is 3.67. The van der Waals surface area contributed by atoms with E-state index < -0.39 is 0 Å². The van der Waals surface area contributed by atoms with Crippen LogP contribution in [-0.4, -0.2) is 18.1 Å². The molecule has 0 radical (unpaired) electrons. The molecule has 2 heteroatoms. The van der Waals surface area contributed by atoms with E-state index >= 15 is 0 Å². The lowest BCUT2D eigenvalue weighted by Crippen LogP contribution is -2.25. The normalized spacial score (nSPS) is 18.8. The van der Waals surface area contributed by atoms with Gasteiger partial charge in [0.25, 0.3) is 0 Å². The van der Waals surface area contributed by atoms with Gasteiger partial charge in [0.05, 0.1) is 0 Å². The molecule has 0 amide bonds. The fraction of sp³-hybridized carbons (Fsp3) is 0.625. The van der Waals surface area contributed by atoms with Gasteiger partial charge in [0.1, 0.15) is 0 Å². The van der Waals surface area contributed by atoms with Crippen molar-refractivity contribution in [3.8, 4) is 0 Å². The number of benzene rings is 1. The minimum atomic E-state index is 0.544. The Hall–Kier alpha value is -0.470. The largest absolute Gasteiger partial charge is 0.310 e. The molecule has 0 bridgehead atoms. The molecule has 1 atom stereocenters. The van der Waals surface area contributed by atoms with E-state index in [0.29, 0.717) is 6.04 Å². The van der Waals surface area contributed by atoms with Crippen LogP contribution in [-0.2, 0) is 0 Å². The molecule has 1 fully saturated rings. The van der Waals surface area contributed by atoms with Crippen LogP contribution in [0.25, 0.3) is 0 Å². The summed E-state index contributed by atoms with van der Waals surface area (Å²) in [6.07, 6.45) is 4.11. The van der Waals surface area contributed by atoms with Crippen molar-refractivity contribution in [2.75, 3.05) is 18.1 Å². The van der Waals surface area contributed by atoms with Crippen LogP contribution < -0.4 is 5.32 Å². The smallest absolute Gasteiger partial charge is 0.0322 e. The van der Waals surface area contributed by atoms with E-state index in [2.05, 4.69) is 55.2 Å². The van der Waals surface area contributed by atoms with E-state index in [1.54, 1.807) is 0 Å². The Morgan fingerprint density at radius 2 is 2.11 bits per heavy atom. The van der Waals surface area contributed by atoms with Crippen molar-refractivity contribution in [1.29, 1.82) is 0 Å². The number of aryl methyl sites for hydroxylation is 1. The third kappa shape index (κ3) is 4.03. The second-order valence-corrected chi connectivity index (χ2v) is 6.54. The molecule has 1 unspecified atom stereocenters. The van der Waals surface area contributed by atoms with Gasteiger partial charge < -0.3 is 5.32 Å². The van der Waals surface area contributed by atoms with Gasteiger partial charge in [-0.05, 0) is 55.7 Å². The summed E-state index contributed by atoms with van der Waals surface area (Å²) in [4.78, 5) is 0. The Kier molecular flexibility index (Phi) is 5.58. The Morgan fingerprint density at radius 3 is 2.78 bits per heavy atom. The first-order valence-corrected chi connectivity index (χ1v) is 8.32. The second-order valence-electron chi connectivity index (χ2n) is 5.32. The summed E-state index contributed by atoms with van der Waals surface area (Å²) >= 11 is 2.12.